The van der Waals surface area contributed by atoms with Crippen molar-refractivity contribution in [2.24, 2.45) is 5.92 Å². The van der Waals surface area contributed by atoms with E-state index in [9.17, 15) is 0 Å². The molecule has 0 bridgehead atoms. The minimum absolute atomic E-state index is 0.582. The van der Waals surface area contributed by atoms with Gasteiger partial charge in [0.25, 0.3) is 0 Å². The van der Waals surface area contributed by atoms with E-state index < -0.39 is 0 Å². The van der Waals surface area contributed by atoms with Crippen LogP contribution in [0.15, 0.2) is 6.33 Å². The Kier molecular flexibility index (Phi) is 5.44. The van der Waals surface area contributed by atoms with E-state index in [2.05, 4.69) is 42.0 Å². The predicted octanol–water partition coefficient (Wildman–Crippen LogP) is 3.35. The van der Waals surface area contributed by atoms with Crippen LogP contribution in [-0.4, -0.2) is 22.6 Å². The molecule has 3 heteroatoms. The summed E-state index contributed by atoms with van der Waals surface area (Å²) in [5.41, 5.74) is 2.87. The zero-order valence-electron chi connectivity index (χ0n) is 12.8. The van der Waals surface area contributed by atoms with Crippen molar-refractivity contribution < 1.29 is 0 Å². The molecule has 1 N–H and O–H groups in total. The molecule has 2 rings (SSSR count). The fourth-order valence-corrected chi connectivity index (χ4v) is 3.02. The summed E-state index contributed by atoms with van der Waals surface area (Å²) in [7, 11) is 0. The Morgan fingerprint density at radius 1 is 1.26 bits per heavy atom. The lowest BCUT2D eigenvalue weighted by Gasteiger charge is -2.23. The summed E-state index contributed by atoms with van der Waals surface area (Å²) in [5, 5.41) is 3.62. The molecule has 0 radical (unpaired) electrons. The summed E-state index contributed by atoms with van der Waals surface area (Å²) < 4.78 is 2.46. The van der Waals surface area contributed by atoms with Gasteiger partial charge in [0.05, 0.1) is 12.0 Å². The molecule has 1 aromatic rings. The van der Waals surface area contributed by atoms with Crippen molar-refractivity contribution in [2.75, 3.05) is 13.1 Å². The maximum absolute atomic E-state index is 4.64. The molecule has 0 amide bonds. The van der Waals surface area contributed by atoms with Crippen LogP contribution < -0.4 is 5.32 Å². The van der Waals surface area contributed by atoms with E-state index in [-0.39, 0.29) is 0 Å². The van der Waals surface area contributed by atoms with Crippen molar-refractivity contribution in [2.45, 2.75) is 65.3 Å². The Morgan fingerprint density at radius 2 is 2.05 bits per heavy atom. The molecule has 0 saturated carbocycles. The zero-order valence-corrected chi connectivity index (χ0v) is 12.8. The third kappa shape index (κ3) is 3.82. The lowest BCUT2D eigenvalue weighted by Crippen LogP contribution is -2.29. The number of fused-ring (bicyclic) bond motifs is 1. The molecule has 1 aromatic heterocycles. The van der Waals surface area contributed by atoms with E-state index in [1.54, 1.807) is 0 Å². The van der Waals surface area contributed by atoms with Crippen LogP contribution in [0.4, 0.5) is 0 Å². The van der Waals surface area contributed by atoms with Crippen molar-refractivity contribution in [3.63, 3.8) is 0 Å². The van der Waals surface area contributed by atoms with Gasteiger partial charge in [-0.1, -0.05) is 27.2 Å². The fourth-order valence-electron chi connectivity index (χ4n) is 3.02. The van der Waals surface area contributed by atoms with Gasteiger partial charge < -0.3 is 9.88 Å². The summed E-state index contributed by atoms with van der Waals surface area (Å²) in [6.45, 7) is 8.99. The van der Waals surface area contributed by atoms with Gasteiger partial charge in [-0.2, -0.15) is 0 Å². The van der Waals surface area contributed by atoms with E-state index in [0.29, 0.717) is 6.04 Å². The number of rotatable bonds is 7. The molecule has 19 heavy (non-hydrogen) atoms. The summed E-state index contributed by atoms with van der Waals surface area (Å²) in [6.07, 6.45) is 9.62. The fraction of sp³-hybridized carbons (Fsp3) is 0.812. The Bertz CT molecular complexity index is 381. The highest BCUT2D eigenvalue weighted by molar-refractivity contribution is 5.17. The van der Waals surface area contributed by atoms with Crippen molar-refractivity contribution >= 4 is 0 Å². The maximum atomic E-state index is 4.64. The molecule has 0 saturated heterocycles. The first-order chi connectivity index (χ1) is 9.22. The lowest BCUT2D eigenvalue weighted by molar-refractivity contribution is 0.401. The second-order valence-corrected chi connectivity index (χ2v) is 6.25. The first kappa shape index (κ1) is 14.6. The van der Waals surface area contributed by atoms with Gasteiger partial charge in [-0.3, -0.25) is 0 Å². The molecule has 3 nitrogen and oxygen atoms in total. The number of hydrogen-bond acceptors (Lipinski definition) is 2. The average molecular weight is 263 g/mol. The molecule has 1 aliphatic rings. The van der Waals surface area contributed by atoms with Gasteiger partial charge in [0.15, 0.2) is 0 Å². The van der Waals surface area contributed by atoms with Crippen molar-refractivity contribution in [3.8, 4) is 0 Å². The van der Waals surface area contributed by atoms with Gasteiger partial charge >= 0.3 is 0 Å². The number of aromatic nitrogens is 2. The first-order valence-corrected chi connectivity index (χ1v) is 7.97. The second kappa shape index (κ2) is 7.09. The summed E-state index contributed by atoms with van der Waals surface area (Å²) >= 11 is 0. The summed E-state index contributed by atoms with van der Waals surface area (Å²) in [6, 6.07) is 0.582. The molecular formula is C16H29N3. The third-order valence-electron chi connectivity index (χ3n) is 4.01. The van der Waals surface area contributed by atoms with Crippen LogP contribution in [0.2, 0.25) is 0 Å². The largest absolute Gasteiger partial charge is 0.330 e. The standard InChI is InChI=1S/C16H29N3/c1-4-7-14(11-17-10-13(2)3)19-12-18-15-8-5-6-9-16(15)19/h12-14,17H,4-11H2,1-3H3. The monoisotopic (exact) mass is 263 g/mol. The van der Waals surface area contributed by atoms with Crippen LogP contribution in [0.1, 0.15) is 63.9 Å². The topological polar surface area (TPSA) is 29.9 Å². The highest BCUT2D eigenvalue weighted by atomic mass is 15.1. The quantitative estimate of drug-likeness (QED) is 0.817. The van der Waals surface area contributed by atoms with Crippen LogP contribution >= 0.6 is 0 Å². The molecule has 0 spiro atoms. The van der Waals surface area contributed by atoms with E-state index in [1.807, 2.05) is 0 Å². The van der Waals surface area contributed by atoms with Crippen molar-refractivity contribution in [1.29, 1.82) is 0 Å². The lowest BCUT2D eigenvalue weighted by atomic mass is 10.00. The molecule has 0 aliphatic heterocycles. The molecule has 1 unspecified atom stereocenters. The third-order valence-corrected chi connectivity index (χ3v) is 4.01. The van der Waals surface area contributed by atoms with E-state index in [0.717, 1.165) is 19.0 Å². The molecule has 0 aromatic carbocycles. The molecule has 1 aliphatic carbocycles. The van der Waals surface area contributed by atoms with Crippen molar-refractivity contribution in [3.05, 3.63) is 17.7 Å². The summed E-state index contributed by atoms with van der Waals surface area (Å²) in [4.78, 5) is 4.64. The number of imidazole rings is 1. The van der Waals surface area contributed by atoms with Crippen LogP contribution in [-0.2, 0) is 12.8 Å². The Balaban J connectivity index is 2.03. The van der Waals surface area contributed by atoms with Crippen LogP contribution in [0.5, 0.6) is 0 Å². The predicted molar refractivity (Wildman–Crippen MR) is 80.5 cm³/mol. The Morgan fingerprint density at radius 3 is 2.79 bits per heavy atom. The number of nitrogens with zero attached hydrogens (tertiary/aromatic N) is 2. The van der Waals surface area contributed by atoms with Crippen LogP contribution in [0.25, 0.3) is 0 Å². The van der Waals surface area contributed by atoms with E-state index in [1.165, 1.54) is 49.9 Å². The Labute approximate surface area is 117 Å². The highest BCUT2D eigenvalue weighted by Crippen LogP contribution is 2.24. The van der Waals surface area contributed by atoms with Gasteiger partial charge in [0.1, 0.15) is 0 Å². The maximum Gasteiger partial charge on any atom is 0.0954 e. The minimum Gasteiger partial charge on any atom is -0.330 e. The summed E-state index contributed by atoms with van der Waals surface area (Å²) in [5.74, 6) is 0.721. The molecular weight excluding hydrogens is 234 g/mol. The number of nitrogens with one attached hydrogen (secondary N) is 1. The molecule has 1 atom stereocenters. The minimum atomic E-state index is 0.582. The van der Waals surface area contributed by atoms with Gasteiger partial charge in [-0.25, -0.2) is 4.98 Å². The number of aryl methyl sites for hydroxylation is 1. The van der Waals surface area contributed by atoms with Gasteiger partial charge in [-0.05, 0) is 44.6 Å². The van der Waals surface area contributed by atoms with Crippen LogP contribution in [0.3, 0.4) is 0 Å². The van der Waals surface area contributed by atoms with Crippen molar-refractivity contribution in [1.82, 2.24) is 14.9 Å². The zero-order chi connectivity index (χ0) is 13.7. The van der Waals surface area contributed by atoms with Gasteiger partial charge in [-0.15, -0.1) is 0 Å². The smallest absolute Gasteiger partial charge is 0.0954 e. The van der Waals surface area contributed by atoms with Crippen LogP contribution in [0, 0.1) is 5.92 Å². The first-order valence-electron chi connectivity index (χ1n) is 7.97. The SMILES string of the molecule is CCCC(CNCC(C)C)n1cnc2c1CCCC2. The van der Waals surface area contributed by atoms with E-state index >= 15 is 0 Å². The average Bonchev–Trinajstić information content (AvgIpc) is 2.81. The highest BCUT2D eigenvalue weighted by Gasteiger charge is 2.19. The van der Waals surface area contributed by atoms with Gasteiger partial charge in [0, 0.05) is 18.3 Å². The van der Waals surface area contributed by atoms with E-state index in [4.69, 9.17) is 0 Å². The Hall–Kier alpha value is -0.830. The second-order valence-electron chi connectivity index (χ2n) is 6.25. The van der Waals surface area contributed by atoms with Gasteiger partial charge in [0.2, 0.25) is 0 Å². The molecule has 1 heterocycles. The molecule has 108 valence electrons. The normalized spacial score (nSPS) is 16.6. The number of hydrogen-bond donors (Lipinski definition) is 1. The molecule has 0 fully saturated rings.